The van der Waals surface area contributed by atoms with Gasteiger partial charge in [-0.05, 0) is 43.2 Å². The highest BCUT2D eigenvalue weighted by Gasteiger charge is 2.13. The fourth-order valence-electron chi connectivity index (χ4n) is 1.79. The number of nitro groups is 1. The van der Waals surface area contributed by atoms with Crippen molar-refractivity contribution >= 4 is 17.1 Å². The van der Waals surface area contributed by atoms with E-state index in [9.17, 15) is 10.1 Å². The van der Waals surface area contributed by atoms with E-state index in [-0.39, 0.29) is 10.6 Å². The number of hydrogen-bond acceptors (Lipinski definition) is 3. The Hall–Kier alpha value is -2.36. The molecule has 1 N–H and O–H groups in total. The van der Waals surface area contributed by atoms with E-state index in [0.717, 1.165) is 16.8 Å². The lowest BCUT2D eigenvalue weighted by molar-refractivity contribution is -0.383. The van der Waals surface area contributed by atoms with Crippen LogP contribution in [0.5, 0.6) is 0 Å². The normalized spacial score (nSPS) is 10.1. The summed E-state index contributed by atoms with van der Waals surface area (Å²) in [7, 11) is 0. The first-order valence-corrected chi connectivity index (χ1v) is 5.65. The molecular formula is C14H14N2O2. The third-order valence-corrected chi connectivity index (χ3v) is 2.65. The zero-order valence-corrected chi connectivity index (χ0v) is 10.3. The van der Waals surface area contributed by atoms with Crippen molar-refractivity contribution < 1.29 is 4.92 Å². The van der Waals surface area contributed by atoms with Gasteiger partial charge in [0.1, 0.15) is 5.69 Å². The maximum atomic E-state index is 11.0. The molecule has 0 aliphatic rings. The van der Waals surface area contributed by atoms with Crippen molar-refractivity contribution in [2.75, 3.05) is 5.32 Å². The summed E-state index contributed by atoms with van der Waals surface area (Å²) in [5.41, 5.74) is 3.54. The summed E-state index contributed by atoms with van der Waals surface area (Å²) in [4.78, 5) is 10.6. The van der Waals surface area contributed by atoms with Gasteiger partial charge in [0.15, 0.2) is 0 Å². The molecule has 18 heavy (non-hydrogen) atoms. The van der Waals surface area contributed by atoms with Crippen LogP contribution < -0.4 is 5.32 Å². The lowest BCUT2D eigenvalue weighted by Crippen LogP contribution is -1.97. The molecule has 2 aromatic carbocycles. The molecular weight excluding hydrogens is 228 g/mol. The molecule has 0 aliphatic carbocycles. The van der Waals surface area contributed by atoms with Crippen LogP contribution in [0.15, 0.2) is 42.5 Å². The molecule has 0 amide bonds. The molecule has 0 aromatic heterocycles. The number of rotatable bonds is 3. The molecule has 0 bridgehead atoms. The topological polar surface area (TPSA) is 55.2 Å². The predicted octanol–water partition coefficient (Wildman–Crippen LogP) is 3.96. The first kappa shape index (κ1) is 12.1. The molecule has 0 unspecified atom stereocenters. The van der Waals surface area contributed by atoms with Gasteiger partial charge in [-0.3, -0.25) is 10.1 Å². The van der Waals surface area contributed by atoms with Crippen LogP contribution in [0.4, 0.5) is 17.1 Å². The lowest BCUT2D eigenvalue weighted by atomic mass is 10.1. The fraction of sp³-hybridized carbons (Fsp3) is 0.143. The van der Waals surface area contributed by atoms with Crippen LogP contribution in [0.3, 0.4) is 0 Å². The van der Waals surface area contributed by atoms with Crippen LogP contribution in [-0.2, 0) is 0 Å². The fourth-order valence-corrected chi connectivity index (χ4v) is 1.79. The summed E-state index contributed by atoms with van der Waals surface area (Å²) in [6, 6.07) is 12.8. The molecule has 0 heterocycles. The number of benzene rings is 2. The zero-order valence-electron chi connectivity index (χ0n) is 10.3. The predicted molar refractivity (Wildman–Crippen MR) is 72.3 cm³/mol. The first-order chi connectivity index (χ1) is 8.56. The second kappa shape index (κ2) is 4.87. The molecule has 0 spiro atoms. The Morgan fingerprint density at radius 3 is 2.44 bits per heavy atom. The Balaban J connectivity index is 2.39. The van der Waals surface area contributed by atoms with Gasteiger partial charge in [0.25, 0.3) is 5.69 Å². The van der Waals surface area contributed by atoms with E-state index in [1.54, 1.807) is 12.1 Å². The summed E-state index contributed by atoms with van der Waals surface area (Å²) >= 11 is 0. The molecule has 2 rings (SSSR count). The van der Waals surface area contributed by atoms with Crippen LogP contribution in [0.2, 0.25) is 0 Å². The number of nitro benzene ring substituents is 1. The highest BCUT2D eigenvalue weighted by atomic mass is 16.6. The SMILES string of the molecule is Cc1cccc(Nc2cc(C)ccc2[N+](=O)[O-])c1. The smallest absolute Gasteiger partial charge is 0.292 e. The van der Waals surface area contributed by atoms with Gasteiger partial charge < -0.3 is 5.32 Å². The Labute approximate surface area is 105 Å². The van der Waals surface area contributed by atoms with Crippen molar-refractivity contribution in [1.82, 2.24) is 0 Å². The van der Waals surface area contributed by atoms with Gasteiger partial charge in [0, 0.05) is 11.8 Å². The average molecular weight is 242 g/mol. The maximum Gasteiger partial charge on any atom is 0.292 e. The van der Waals surface area contributed by atoms with E-state index >= 15 is 0 Å². The Bertz CT molecular complexity index is 594. The number of aryl methyl sites for hydroxylation is 2. The van der Waals surface area contributed by atoms with Gasteiger partial charge in [-0.15, -0.1) is 0 Å². The van der Waals surface area contributed by atoms with Gasteiger partial charge in [-0.2, -0.15) is 0 Å². The van der Waals surface area contributed by atoms with Crippen LogP contribution in [0, 0.1) is 24.0 Å². The molecule has 0 radical (unpaired) electrons. The van der Waals surface area contributed by atoms with Crippen molar-refractivity contribution in [3.8, 4) is 0 Å². The maximum absolute atomic E-state index is 11.0. The summed E-state index contributed by atoms with van der Waals surface area (Å²) < 4.78 is 0. The van der Waals surface area contributed by atoms with E-state index in [2.05, 4.69) is 5.32 Å². The van der Waals surface area contributed by atoms with Crippen LogP contribution in [0.1, 0.15) is 11.1 Å². The largest absolute Gasteiger partial charge is 0.350 e. The Morgan fingerprint density at radius 1 is 1.06 bits per heavy atom. The van der Waals surface area contributed by atoms with E-state index in [4.69, 9.17) is 0 Å². The zero-order chi connectivity index (χ0) is 13.1. The van der Waals surface area contributed by atoms with Gasteiger partial charge in [-0.25, -0.2) is 0 Å². The third-order valence-electron chi connectivity index (χ3n) is 2.65. The molecule has 92 valence electrons. The van der Waals surface area contributed by atoms with Crippen molar-refractivity contribution in [3.05, 3.63) is 63.7 Å². The van der Waals surface area contributed by atoms with Gasteiger partial charge in [-0.1, -0.05) is 18.2 Å². The summed E-state index contributed by atoms with van der Waals surface area (Å²) in [6.45, 7) is 3.89. The molecule has 0 saturated carbocycles. The third kappa shape index (κ3) is 2.66. The summed E-state index contributed by atoms with van der Waals surface area (Å²) in [5, 5.41) is 14.0. The molecule has 0 aliphatic heterocycles. The number of nitrogens with one attached hydrogen (secondary N) is 1. The monoisotopic (exact) mass is 242 g/mol. The standard InChI is InChI=1S/C14H14N2O2/c1-10-4-3-5-12(8-10)15-13-9-11(2)6-7-14(13)16(17)18/h3-9,15H,1-2H3. The van der Waals surface area contributed by atoms with Crippen LogP contribution >= 0.6 is 0 Å². The van der Waals surface area contributed by atoms with Crippen molar-refractivity contribution in [3.63, 3.8) is 0 Å². The van der Waals surface area contributed by atoms with E-state index in [0.29, 0.717) is 5.69 Å². The Morgan fingerprint density at radius 2 is 1.78 bits per heavy atom. The van der Waals surface area contributed by atoms with Crippen molar-refractivity contribution in [1.29, 1.82) is 0 Å². The Kier molecular flexibility index (Phi) is 3.28. The second-order valence-electron chi connectivity index (χ2n) is 4.27. The van der Waals surface area contributed by atoms with E-state index in [1.807, 2.05) is 38.1 Å². The quantitative estimate of drug-likeness (QED) is 0.654. The van der Waals surface area contributed by atoms with Crippen LogP contribution in [-0.4, -0.2) is 4.92 Å². The van der Waals surface area contributed by atoms with Gasteiger partial charge >= 0.3 is 0 Å². The highest BCUT2D eigenvalue weighted by Crippen LogP contribution is 2.28. The average Bonchev–Trinajstić information content (AvgIpc) is 2.28. The van der Waals surface area contributed by atoms with Crippen molar-refractivity contribution in [2.45, 2.75) is 13.8 Å². The molecule has 2 aromatic rings. The molecule has 0 atom stereocenters. The molecule has 4 heteroatoms. The summed E-state index contributed by atoms with van der Waals surface area (Å²) in [5.74, 6) is 0. The first-order valence-electron chi connectivity index (χ1n) is 5.65. The number of hydrogen-bond donors (Lipinski definition) is 1. The van der Waals surface area contributed by atoms with Gasteiger partial charge in [0.2, 0.25) is 0 Å². The minimum atomic E-state index is -0.377. The van der Waals surface area contributed by atoms with Crippen LogP contribution in [0.25, 0.3) is 0 Å². The van der Waals surface area contributed by atoms with Gasteiger partial charge in [0.05, 0.1) is 4.92 Å². The molecule has 4 nitrogen and oxygen atoms in total. The lowest BCUT2D eigenvalue weighted by Gasteiger charge is -2.08. The minimum absolute atomic E-state index is 0.0853. The number of nitrogens with zero attached hydrogens (tertiary/aromatic N) is 1. The summed E-state index contributed by atoms with van der Waals surface area (Å²) in [6.07, 6.45) is 0. The number of anilines is 2. The second-order valence-corrected chi connectivity index (χ2v) is 4.27. The highest BCUT2D eigenvalue weighted by molar-refractivity contribution is 5.70. The molecule has 0 saturated heterocycles. The van der Waals surface area contributed by atoms with E-state index < -0.39 is 0 Å². The van der Waals surface area contributed by atoms with E-state index in [1.165, 1.54) is 6.07 Å². The minimum Gasteiger partial charge on any atom is -0.350 e. The van der Waals surface area contributed by atoms with Crippen molar-refractivity contribution in [2.24, 2.45) is 0 Å². The molecule has 0 fully saturated rings.